The van der Waals surface area contributed by atoms with E-state index in [0.29, 0.717) is 0 Å². The molecule has 4 heteroatoms. The van der Waals surface area contributed by atoms with Crippen LogP contribution in [0.2, 0.25) is 0 Å². The van der Waals surface area contributed by atoms with Crippen LogP contribution in [0.3, 0.4) is 0 Å². The van der Waals surface area contributed by atoms with Crippen LogP contribution in [0.1, 0.15) is 117 Å². The molecule has 3 atom stereocenters. The quantitative estimate of drug-likeness (QED) is 0.245. The number of rotatable bonds is 15. The van der Waals surface area contributed by atoms with Gasteiger partial charge in [-0.15, -0.1) is 0 Å². The Labute approximate surface area is 164 Å². The van der Waals surface area contributed by atoms with E-state index in [9.17, 15) is 9.00 Å². The molecule has 0 N–H and O–H groups in total. The molecule has 26 heavy (non-hydrogen) atoms. The summed E-state index contributed by atoms with van der Waals surface area (Å²) in [6.45, 7) is 3.72. The van der Waals surface area contributed by atoms with Crippen molar-refractivity contribution < 1.29 is 13.7 Å². The number of ether oxygens (including phenoxy) is 1. The highest BCUT2D eigenvalue weighted by molar-refractivity contribution is 7.85. The van der Waals surface area contributed by atoms with E-state index in [1.54, 1.807) is 0 Å². The molecule has 0 radical (unpaired) electrons. The summed E-state index contributed by atoms with van der Waals surface area (Å²) in [7, 11) is -0.845. The molecule has 0 saturated heterocycles. The molecule has 1 saturated carbocycles. The van der Waals surface area contributed by atoms with Gasteiger partial charge in [0.15, 0.2) is 0 Å². The second-order valence-electron chi connectivity index (χ2n) is 7.94. The SMILES string of the molecule is CCCCCCCCCCCCCC[S@](=O)C1CCCCC1OC(C)=O. The van der Waals surface area contributed by atoms with E-state index in [2.05, 4.69) is 6.92 Å². The Morgan fingerprint density at radius 1 is 0.846 bits per heavy atom. The second-order valence-corrected chi connectivity index (χ2v) is 9.72. The number of carbonyl (C=O) groups excluding carboxylic acids is 1. The van der Waals surface area contributed by atoms with Gasteiger partial charge in [-0.25, -0.2) is 0 Å². The molecule has 2 unspecified atom stereocenters. The summed E-state index contributed by atoms with van der Waals surface area (Å²) < 4.78 is 18.0. The summed E-state index contributed by atoms with van der Waals surface area (Å²) in [5.74, 6) is 0.545. The first kappa shape index (κ1) is 23.7. The van der Waals surface area contributed by atoms with Gasteiger partial charge in [0.05, 0.1) is 5.25 Å². The lowest BCUT2D eigenvalue weighted by molar-refractivity contribution is -0.147. The number of esters is 1. The molecule has 0 aromatic rings. The highest BCUT2D eigenvalue weighted by atomic mass is 32.2. The first-order valence-electron chi connectivity index (χ1n) is 11.2. The molecule has 1 rings (SSSR count). The molecule has 0 bridgehead atoms. The predicted molar refractivity (Wildman–Crippen MR) is 112 cm³/mol. The summed E-state index contributed by atoms with van der Waals surface area (Å²) in [5.41, 5.74) is 0. The van der Waals surface area contributed by atoms with Crippen molar-refractivity contribution in [1.29, 1.82) is 0 Å². The number of unbranched alkanes of at least 4 members (excludes halogenated alkanes) is 11. The minimum atomic E-state index is -0.845. The van der Waals surface area contributed by atoms with Gasteiger partial charge in [0.1, 0.15) is 6.10 Å². The Morgan fingerprint density at radius 2 is 1.35 bits per heavy atom. The third-order valence-electron chi connectivity index (χ3n) is 5.50. The van der Waals surface area contributed by atoms with Crippen molar-refractivity contribution in [3.63, 3.8) is 0 Å². The fourth-order valence-electron chi connectivity index (χ4n) is 3.95. The van der Waals surface area contributed by atoms with E-state index < -0.39 is 10.8 Å². The molecular weight excluding hydrogens is 344 g/mol. The summed E-state index contributed by atoms with van der Waals surface area (Å²) in [4.78, 5) is 11.2. The lowest BCUT2D eigenvalue weighted by Crippen LogP contribution is -2.37. The summed E-state index contributed by atoms with van der Waals surface area (Å²) in [6, 6.07) is 0. The maximum absolute atomic E-state index is 12.6. The third kappa shape index (κ3) is 11.4. The number of hydrogen-bond donors (Lipinski definition) is 0. The van der Waals surface area contributed by atoms with Crippen LogP contribution in [-0.2, 0) is 20.3 Å². The molecule has 1 fully saturated rings. The minimum Gasteiger partial charge on any atom is -0.461 e. The maximum atomic E-state index is 12.6. The molecule has 3 nitrogen and oxygen atoms in total. The van der Waals surface area contributed by atoms with Crippen LogP contribution in [0.5, 0.6) is 0 Å². The van der Waals surface area contributed by atoms with E-state index in [4.69, 9.17) is 4.74 Å². The fourth-order valence-corrected chi connectivity index (χ4v) is 5.70. The van der Waals surface area contributed by atoms with Crippen molar-refractivity contribution in [1.82, 2.24) is 0 Å². The molecule has 0 aromatic heterocycles. The van der Waals surface area contributed by atoms with E-state index in [1.165, 1.54) is 77.6 Å². The van der Waals surface area contributed by atoms with Crippen molar-refractivity contribution in [2.75, 3.05) is 5.75 Å². The van der Waals surface area contributed by atoms with Crippen molar-refractivity contribution in [2.24, 2.45) is 0 Å². The molecule has 1 aliphatic carbocycles. The Hall–Kier alpha value is -0.380. The van der Waals surface area contributed by atoms with Crippen LogP contribution in [0.15, 0.2) is 0 Å². The van der Waals surface area contributed by atoms with Crippen molar-refractivity contribution in [2.45, 2.75) is 128 Å². The molecule has 0 spiro atoms. The Morgan fingerprint density at radius 3 is 1.88 bits per heavy atom. The van der Waals surface area contributed by atoms with Gasteiger partial charge < -0.3 is 4.74 Å². The summed E-state index contributed by atoms with van der Waals surface area (Å²) in [5, 5.41) is 0.0698. The van der Waals surface area contributed by atoms with Gasteiger partial charge in [-0.05, 0) is 25.7 Å². The first-order valence-corrected chi connectivity index (χ1v) is 12.6. The van der Waals surface area contributed by atoms with Crippen LogP contribution < -0.4 is 0 Å². The van der Waals surface area contributed by atoms with Crippen molar-refractivity contribution in [3.05, 3.63) is 0 Å². The smallest absolute Gasteiger partial charge is 0.302 e. The van der Waals surface area contributed by atoms with Gasteiger partial charge in [-0.3, -0.25) is 9.00 Å². The Bertz CT molecular complexity index is 384. The second kappa shape index (κ2) is 15.7. The molecule has 1 aliphatic rings. The van der Waals surface area contributed by atoms with Crippen molar-refractivity contribution >= 4 is 16.8 Å². The average molecular weight is 387 g/mol. The highest BCUT2D eigenvalue weighted by Crippen LogP contribution is 2.26. The zero-order chi connectivity index (χ0) is 19.0. The number of carbonyl (C=O) groups is 1. The summed E-state index contributed by atoms with van der Waals surface area (Å²) in [6.07, 6.45) is 19.8. The minimum absolute atomic E-state index is 0.0698. The van der Waals surface area contributed by atoms with Crippen LogP contribution in [-0.4, -0.2) is 27.3 Å². The van der Waals surface area contributed by atoms with Gasteiger partial charge in [-0.2, -0.15) is 0 Å². The molecule has 0 heterocycles. The zero-order valence-electron chi connectivity index (χ0n) is 17.3. The van der Waals surface area contributed by atoms with E-state index in [-0.39, 0.29) is 17.3 Å². The van der Waals surface area contributed by atoms with Crippen LogP contribution >= 0.6 is 0 Å². The lowest BCUT2D eigenvalue weighted by atomic mass is 9.97. The van der Waals surface area contributed by atoms with Gasteiger partial charge in [-0.1, -0.05) is 84.0 Å². The molecule has 0 amide bonds. The average Bonchev–Trinajstić information content (AvgIpc) is 2.62. The largest absolute Gasteiger partial charge is 0.461 e. The predicted octanol–water partition coefficient (Wildman–Crippen LogP) is 6.31. The van der Waals surface area contributed by atoms with E-state index in [0.717, 1.165) is 37.9 Å². The van der Waals surface area contributed by atoms with Gasteiger partial charge in [0, 0.05) is 23.5 Å². The van der Waals surface area contributed by atoms with Gasteiger partial charge in [0.25, 0.3) is 0 Å². The summed E-state index contributed by atoms with van der Waals surface area (Å²) >= 11 is 0. The van der Waals surface area contributed by atoms with E-state index in [1.807, 2.05) is 0 Å². The molecule has 0 aliphatic heterocycles. The monoisotopic (exact) mass is 386 g/mol. The van der Waals surface area contributed by atoms with Gasteiger partial charge >= 0.3 is 5.97 Å². The first-order chi connectivity index (χ1) is 12.6. The van der Waals surface area contributed by atoms with Crippen LogP contribution in [0.25, 0.3) is 0 Å². The van der Waals surface area contributed by atoms with Crippen molar-refractivity contribution in [3.8, 4) is 0 Å². The topological polar surface area (TPSA) is 43.4 Å². The maximum Gasteiger partial charge on any atom is 0.302 e. The molecule has 0 aromatic carbocycles. The van der Waals surface area contributed by atoms with Crippen LogP contribution in [0, 0.1) is 0 Å². The molecule has 154 valence electrons. The Kier molecular flexibility index (Phi) is 14.2. The lowest BCUT2D eigenvalue weighted by Gasteiger charge is -2.30. The Balaban J connectivity index is 1.99. The highest BCUT2D eigenvalue weighted by Gasteiger charge is 2.31. The zero-order valence-corrected chi connectivity index (χ0v) is 18.1. The molecular formula is C22H42O3S. The third-order valence-corrected chi connectivity index (χ3v) is 7.40. The van der Waals surface area contributed by atoms with Crippen LogP contribution in [0.4, 0.5) is 0 Å². The fraction of sp³-hybridized carbons (Fsp3) is 0.955. The van der Waals surface area contributed by atoms with E-state index >= 15 is 0 Å². The standard InChI is InChI=1S/C22H42O3S/c1-3-4-5-6-7-8-9-10-11-12-13-16-19-26(24)22-18-15-14-17-21(22)25-20(2)23/h21-22H,3-19H2,1-2H3/t21?,22?,26-/m0/s1. The normalized spacial score (nSPS) is 21.5. The van der Waals surface area contributed by atoms with Gasteiger partial charge in [0.2, 0.25) is 0 Å². The number of hydrogen-bond acceptors (Lipinski definition) is 3.